The lowest BCUT2D eigenvalue weighted by atomic mass is 9.83. The van der Waals surface area contributed by atoms with Gasteiger partial charge in [0, 0.05) is 40.7 Å². The van der Waals surface area contributed by atoms with E-state index in [0.717, 1.165) is 16.5 Å². The van der Waals surface area contributed by atoms with Gasteiger partial charge in [-0.1, -0.05) is 55.8 Å². The first-order valence-corrected chi connectivity index (χ1v) is 9.83. The van der Waals surface area contributed by atoms with Gasteiger partial charge in [0.05, 0.1) is 5.75 Å². The first-order chi connectivity index (χ1) is 11.9. The van der Waals surface area contributed by atoms with Crippen molar-refractivity contribution in [1.29, 1.82) is 0 Å². The van der Waals surface area contributed by atoms with Gasteiger partial charge in [-0.25, -0.2) is 0 Å². The quantitative estimate of drug-likeness (QED) is 0.651. The Kier molecular flexibility index (Phi) is 5.26. The maximum atomic E-state index is 12.5. The van der Waals surface area contributed by atoms with Gasteiger partial charge in [0.25, 0.3) is 0 Å². The predicted octanol–water partition coefficient (Wildman–Crippen LogP) is 5.45. The molecule has 0 bridgehead atoms. The second kappa shape index (κ2) is 7.27. The van der Waals surface area contributed by atoms with Crippen molar-refractivity contribution in [3.05, 3.63) is 76.5 Å². The van der Waals surface area contributed by atoms with Gasteiger partial charge in [-0.05, 0) is 29.3 Å². The summed E-state index contributed by atoms with van der Waals surface area (Å²) in [7, 11) is 2.04. The van der Waals surface area contributed by atoms with Crippen LogP contribution in [0.4, 0.5) is 5.69 Å². The summed E-state index contributed by atoms with van der Waals surface area (Å²) in [6, 6.07) is 16.1. The number of thioether (sulfide) groups is 1. The first kappa shape index (κ1) is 18.1. The number of carbonyl (C=O) groups is 1. The molecule has 0 radical (unpaired) electrons. The highest BCUT2D eigenvalue weighted by Gasteiger charge is 2.38. The number of halogens is 1. The lowest BCUT2D eigenvalue weighted by Crippen LogP contribution is -2.24. The van der Waals surface area contributed by atoms with E-state index < -0.39 is 0 Å². The second-order valence-electron chi connectivity index (χ2n) is 6.82. The van der Waals surface area contributed by atoms with E-state index in [9.17, 15) is 4.79 Å². The Morgan fingerprint density at radius 1 is 1.16 bits per heavy atom. The summed E-state index contributed by atoms with van der Waals surface area (Å²) in [5.74, 6) is 1.44. The maximum absolute atomic E-state index is 12.5. The van der Waals surface area contributed by atoms with Crippen molar-refractivity contribution in [3.8, 4) is 0 Å². The summed E-state index contributed by atoms with van der Waals surface area (Å²) in [5.41, 5.74) is 4.54. The fourth-order valence-corrected chi connectivity index (χ4v) is 4.24. The van der Waals surface area contributed by atoms with Gasteiger partial charge in [0.15, 0.2) is 5.78 Å². The molecule has 0 saturated heterocycles. The number of hydrogen-bond acceptors (Lipinski definition) is 3. The fourth-order valence-electron chi connectivity index (χ4n) is 3.30. The van der Waals surface area contributed by atoms with Crippen LogP contribution in [0.2, 0.25) is 5.02 Å². The molecular formula is C21H22ClNOS. The van der Waals surface area contributed by atoms with Gasteiger partial charge in [-0.3, -0.25) is 4.79 Å². The standard InChI is InChI=1S/C21H22ClNOS/c1-21(2)18-6-4-5-7-19(18)23(3)20(21)12-17(24)14-25-13-15-8-10-16(22)11-9-15/h4-12H,13-14H2,1-3H3/b20-12-. The SMILES string of the molecule is CN1/C(=C\C(=O)CSCc2ccc(Cl)cc2)C(C)(C)c2ccccc21. The lowest BCUT2D eigenvalue weighted by molar-refractivity contribution is -0.112. The molecule has 0 saturated carbocycles. The Bertz CT molecular complexity index is 811. The van der Waals surface area contributed by atoms with Crippen molar-refractivity contribution in [3.63, 3.8) is 0 Å². The summed E-state index contributed by atoms with van der Waals surface area (Å²) in [4.78, 5) is 14.6. The Hall–Kier alpha value is -1.71. The van der Waals surface area contributed by atoms with E-state index in [4.69, 9.17) is 11.6 Å². The van der Waals surface area contributed by atoms with Gasteiger partial charge in [-0.2, -0.15) is 0 Å². The van der Waals surface area contributed by atoms with Crippen molar-refractivity contribution in [2.45, 2.75) is 25.0 Å². The number of ketones is 1. The number of nitrogens with zero attached hydrogens (tertiary/aromatic N) is 1. The van der Waals surface area contributed by atoms with Crippen LogP contribution in [0.15, 0.2) is 60.3 Å². The number of fused-ring (bicyclic) bond motifs is 1. The van der Waals surface area contributed by atoms with Crippen molar-refractivity contribution >= 4 is 34.8 Å². The zero-order valence-electron chi connectivity index (χ0n) is 14.8. The molecule has 0 N–H and O–H groups in total. The third-order valence-electron chi connectivity index (χ3n) is 4.66. The molecule has 2 aromatic carbocycles. The van der Waals surface area contributed by atoms with Gasteiger partial charge in [0.2, 0.25) is 0 Å². The Morgan fingerprint density at radius 2 is 1.84 bits per heavy atom. The maximum Gasteiger partial charge on any atom is 0.167 e. The molecular weight excluding hydrogens is 350 g/mol. The molecule has 3 rings (SSSR count). The molecule has 0 aromatic heterocycles. The zero-order valence-corrected chi connectivity index (χ0v) is 16.3. The normalized spacial score (nSPS) is 17.0. The van der Waals surface area contributed by atoms with E-state index in [-0.39, 0.29) is 11.2 Å². The summed E-state index contributed by atoms with van der Waals surface area (Å²) in [6.45, 7) is 4.35. The summed E-state index contributed by atoms with van der Waals surface area (Å²) >= 11 is 7.53. The topological polar surface area (TPSA) is 20.3 Å². The van der Waals surface area contributed by atoms with Crippen molar-refractivity contribution in [2.75, 3.05) is 17.7 Å². The molecule has 1 aliphatic rings. The fraction of sp³-hybridized carbons (Fsp3) is 0.286. The van der Waals surface area contributed by atoms with Crippen LogP contribution in [0.25, 0.3) is 0 Å². The van der Waals surface area contributed by atoms with Crippen LogP contribution in [0.5, 0.6) is 0 Å². The van der Waals surface area contributed by atoms with Crippen LogP contribution < -0.4 is 4.90 Å². The predicted molar refractivity (Wildman–Crippen MR) is 109 cm³/mol. The van der Waals surface area contributed by atoms with E-state index in [0.29, 0.717) is 5.75 Å². The van der Waals surface area contributed by atoms with Crippen molar-refractivity contribution < 1.29 is 4.79 Å². The molecule has 1 aliphatic heterocycles. The van der Waals surface area contributed by atoms with Crippen LogP contribution in [0, 0.1) is 0 Å². The number of carbonyl (C=O) groups excluding carboxylic acids is 1. The summed E-state index contributed by atoms with van der Waals surface area (Å²) in [5, 5.41) is 0.737. The third kappa shape index (κ3) is 3.78. The van der Waals surface area contributed by atoms with E-state index in [2.05, 4.69) is 36.9 Å². The minimum absolute atomic E-state index is 0.151. The molecule has 2 aromatic rings. The van der Waals surface area contributed by atoms with Crippen LogP contribution in [-0.2, 0) is 16.0 Å². The molecule has 0 spiro atoms. The first-order valence-electron chi connectivity index (χ1n) is 8.30. The average molecular weight is 372 g/mol. The van der Waals surface area contributed by atoms with Crippen LogP contribution in [-0.4, -0.2) is 18.6 Å². The number of anilines is 1. The van der Waals surface area contributed by atoms with Crippen LogP contribution in [0.1, 0.15) is 25.0 Å². The van der Waals surface area contributed by atoms with E-state index >= 15 is 0 Å². The zero-order chi connectivity index (χ0) is 18.0. The number of likely N-dealkylation sites (N-methyl/N-ethyl adjacent to an activating group) is 1. The Balaban J connectivity index is 1.66. The highest BCUT2D eigenvalue weighted by atomic mass is 35.5. The lowest BCUT2D eigenvalue weighted by Gasteiger charge is -2.23. The van der Waals surface area contributed by atoms with Crippen molar-refractivity contribution in [1.82, 2.24) is 0 Å². The number of para-hydroxylation sites is 1. The molecule has 130 valence electrons. The van der Waals surface area contributed by atoms with Gasteiger partial charge in [-0.15, -0.1) is 11.8 Å². The van der Waals surface area contributed by atoms with Crippen LogP contribution >= 0.6 is 23.4 Å². The molecule has 1 heterocycles. The van der Waals surface area contributed by atoms with Gasteiger partial charge >= 0.3 is 0 Å². The second-order valence-corrected chi connectivity index (χ2v) is 8.24. The number of hydrogen-bond donors (Lipinski definition) is 0. The summed E-state index contributed by atoms with van der Waals surface area (Å²) in [6.07, 6.45) is 1.81. The number of rotatable bonds is 5. The smallest absolute Gasteiger partial charge is 0.167 e. The largest absolute Gasteiger partial charge is 0.347 e. The van der Waals surface area contributed by atoms with E-state index in [1.807, 2.05) is 43.5 Å². The highest BCUT2D eigenvalue weighted by Crippen LogP contribution is 2.46. The average Bonchev–Trinajstić information content (AvgIpc) is 2.78. The number of allylic oxidation sites excluding steroid dienone is 2. The summed E-state index contributed by atoms with van der Waals surface area (Å²) < 4.78 is 0. The Labute approximate surface area is 158 Å². The molecule has 0 fully saturated rings. The van der Waals surface area contributed by atoms with Gasteiger partial charge in [0.1, 0.15) is 0 Å². The minimum atomic E-state index is -0.151. The molecule has 0 unspecified atom stereocenters. The molecule has 25 heavy (non-hydrogen) atoms. The van der Waals surface area contributed by atoms with Crippen LogP contribution in [0.3, 0.4) is 0 Å². The molecule has 4 heteroatoms. The minimum Gasteiger partial charge on any atom is -0.347 e. The van der Waals surface area contributed by atoms with E-state index in [1.165, 1.54) is 16.8 Å². The Morgan fingerprint density at radius 3 is 2.52 bits per heavy atom. The molecule has 0 aliphatic carbocycles. The molecule has 2 nitrogen and oxygen atoms in total. The monoisotopic (exact) mass is 371 g/mol. The highest BCUT2D eigenvalue weighted by molar-refractivity contribution is 7.99. The van der Waals surface area contributed by atoms with E-state index in [1.54, 1.807) is 11.8 Å². The molecule has 0 amide bonds. The molecule has 0 atom stereocenters. The van der Waals surface area contributed by atoms with Gasteiger partial charge < -0.3 is 4.90 Å². The third-order valence-corrected chi connectivity index (χ3v) is 5.94. The number of benzene rings is 2. The van der Waals surface area contributed by atoms with Crippen molar-refractivity contribution in [2.24, 2.45) is 0 Å².